The minimum atomic E-state index is -0.363. The maximum absolute atomic E-state index is 13.4. The van der Waals surface area contributed by atoms with Crippen molar-refractivity contribution in [1.82, 2.24) is 14.2 Å². The van der Waals surface area contributed by atoms with Crippen molar-refractivity contribution in [2.75, 3.05) is 0 Å². The number of hydrogen-bond acceptors (Lipinski definition) is 3. The van der Waals surface area contributed by atoms with E-state index < -0.39 is 0 Å². The predicted octanol–water partition coefficient (Wildman–Crippen LogP) is 6.40. The molecule has 0 N–H and O–H groups in total. The quantitative estimate of drug-likeness (QED) is 0.299. The fraction of sp³-hybridized carbons (Fsp3) is 0.240. The Balaban J connectivity index is 1.86. The summed E-state index contributed by atoms with van der Waals surface area (Å²) < 4.78 is 4.39. The van der Waals surface area contributed by atoms with Crippen molar-refractivity contribution < 1.29 is 0 Å². The summed E-state index contributed by atoms with van der Waals surface area (Å²) in [5, 5.41) is 5.83. The van der Waals surface area contributed by atoms with E-state index >= 15 is 0 Å². The molecule has 0 unspecified atom stereocenters. The summed E-state index contributed by atoms with van der Waals surface area (Å²) >= 11 is 9.49. The third kappa shape index (κ3) is 4.17. The van der Waals surface area contributed by atoms with Crippen LogP contribution < -0.4 is 5.56 Å². The molecule has 0 atom stereocenters. The summed E-state index contributed by atoms with van der Waals surface area (Å²) in [6.45, 7) is 10.2. The van der Waals surface area contributed by atoms with Gasteiger partial charge in [0.2, 0.25) is 0 Å². The van der Waals surface area contributed by atoms with Gasteiger partial charge in [-0.05, 0) is 62.4 Å². The van der Waals surface area contributed by atoms with Crippen LogP contribution in [0.4, 0.5) is 0 Å². The molecule has 0 radical (unpaired) electrons. The van der Waals surface area contributed by atoms with E-state index in [1.165, 1.54) is 4.68 Å². The van der Waals surface area contributed by atoms with Gasteiger partial charge in [-0.2, -0.15) is 9.78 Å². The van der Waals surface area contributed by atoms with Crippen molar-refractivity contribution >= 4 is 44.6 Å². The molecule has 2 aromatic heterocycles. The molecule has 164 valence electrons. The molecule has 0 saturated heterocycles. The molecule has 0 aliphatic heterocycles. The van der Waals surface area contributed by atoms with E-state index in [1.54, 1.807) is 12.3 Å². The summed E-state index contributed by atoms with van der Waals surface area (Å²) in [6, 6.07) is 15.3. The van der Waals surface area contributed by atoms with Gasteiger partial charge in [0.1, 0.15) is 5.82 Å². The van der Waals surface area contributed by atoms with Crippen molar-refractivity contribution in [3.8, 4) is 5.69 Å². The second-order valence-electron chi connectivity index (χ2n) is 8.85. The Morgan fingerprint density at radius 3 is 2.41 bits per heavy atom. The van der Waals surface area contributed by atoms with E-state index in [4.69, 9.17) is 16.6 Å². The first-order valence-electron chi connectivity index (χ1n) is 10.3. The Morgan fingerprint density at radius 2 is 1.75 bits per heavy atom. The summed E-state index contributed by atoms with van der Waals surface area (Å²) in [5.74, 6) is 0.611. The Bertz CT molecular complexity index is 1410. The molecule has 7 heteroatoms. The van der Waals surface area contributed by atoms with Gasteiger partial charge in [-0.1, -0.05) is 48.3 Å². The van der Waals surface area contributed by atoms with E-state index in [0.29, 0.717) is 21.7 Å². The second-order valence-corrected chi connectivity index (χ2v) is 10.2. The number of nitrogens with zero attached hydrogens (tertiary/aromatic N) is 4. The first-order chi connectivity index (χ1) is 15.1. The van der Waals surface area contributed by atoms with Crippen LogP contribution in [0.25, 0.3) is 16.6 Å². The first-order valence-corrected chi connectivity index (χ1v) is 11.5. The van der Waals surface area contributed by atoms with E-state index in [0.717, 1.165) is 27.1 Å². The zero-order valence-corrected chi connectivity index (χ0v) is 21.0. The smallest absolute Gasteiger partial charge is 0.282 e. The van der Waals surface area contributed by atoms with Crippen molar-refractivity contribution in [3.63, 3.8) is 0 Å². The monoisotopic (exact) mass is 510 g/mol. The lowest BCUT2D eigenvalue weighted by molar-refractivity contribution is 0.506. The van der Waals surface area contributed by atoms with E-state index in [9.17, 15) is 4.79 Å². The molecule has 0 saturated carbocycles. The number of aromatic nitrogens is 3. The van der Waals surface area contributed by atoms with Crippen LogP contribution in [0.2, 0.25) is 5.02 Å². The lowest BCUT2D eigenvalue weighted by Crippen LogP contribution is -2.29. The number of halogens is 2. The Kier molecular flexibility index (Phi) is 5.86. The average molecular weight is 512 g/mol. The van der Waals surface area contributed by atoms with Crippen LogP contribution >= 0.6 is 27.5 Å². The fourth-order valence-corrected chi connectivity index (χ4v) is 4.25. The molecule has 0 spiro atoms. The van der Waals surface area contributed by atoms with Crippen molar-refractivity contribution in [2.24, 2.45) is 5.10 Å². The molecule has 2 aromatic carbocycles. The van der Waals surface area contributed by atoms with Gasteiger partial charge in [0, 0.05) is 37.5 Å². The van der Waals surface area contributed by atoms with Crippen molar-refractivity contribution in [1.29, 1.82) is 0 Å². The van der Waals surface area contributed by atoms with Gasteiger partial charge >= 0.3 is 0 Å². The highest BCUT2D eigenvalue weighted by Crippen LogP contribution is 2.24. The predicted molar refractivity (Wildman–Crippen MR) is 136 cm³/mol. The maximum Gasteiger partial charge on any atom is 0.282 e. The molecule has 4 rings (SSSR count). The largest absolute Gasteiger partial charge is 0.318 e. The number of aryl methyl sites for hydroxylation is 1. The van der Waals surface area contributed by atoms with Gasteiger partial charge < -0.3 is 4.57 Å². The summed E-state index contributed by atoms with van der Waals surface area (Å²) in [4.78, 5) is 18.1. The second kappa shape index (κ2) is 8.34. The molecular weight excluding hydrogens is 488 g/mol. The van der Waals surface area contributed by atoms with Crippen LogP contribution in [-0.4, -0.2) is 20.4 Å². The SMILES string of the molecule is Cc1cc(C=Nn2c(C(C)(C)C)nc3ccc(Br)cc3c2=O)c(C)n1-c1ccc(Cl)cc1. The lowest BCUT2D eigenvalue weighted by Gasteiger charge is -2.20. The molecule has 4 aromatic rings. The van der Waals surface area contributed by atoms with E-state index in [-0.39, 0.29) is 11.0 Å². The van der Waals surface area contributed by atoms with Crippen molar-refractivity contribution in [3.05, 3.63) is 91.2 Å². The zero-order valence-electron chi connectivity index (χ0n) is 18.6. The standard InChI is InChI=1S/C25H24BrClN4O/c1-15-12-17(16(2)30(15)20-9-7-19(27)8-10-20)14-28-31-23(32)21-13-18(26)6-11-22(21)29-24(31)25(3,4)5/h6-14H,1-5H3. The van der Waals surface area contributed by atoms with Crippen LogP contribution in [0.1, 0.15) is 43.5 Å². The van der Waals surface area contributed by atoms with E-state index in [1.807, 2.05) is 71.0 Å². The normalized spacial score (nSPS) is 12.2. The number of hydrogen-bond donors (Lipinski definition) is 0. The van der Waals surface area contributed by atoms with Gasteiger partial charge in [-0.25, -0.2) is 4.98 Å². The molecule has 0 bridgehead atoms. The number of fused-ring (bicyclic) bond motifs is 1. The summed E-state index contributed by atoms with van der Waals surface area (Å²) in [6.07, 6.45) is 1.73. The van der Waals surface area contributed by atoms with Crippen LogP contribution in [0, 0.1) is 13.8 Å². The molecule has 32 heavy (non-hydrogen) atoms. The van der Waals surface area contributed by atoms with Gasteiger partial charge in [-0.3, -0.25) is 4.79 Å². The fourth-order valence-electron chi connectivity index (χ4n) is 3.77. The van der Waals surface area contributed by atoms with Crippen molar-refractivity contribution in [2.45, 2.75) is 40.0 Å². The maximum atomic E-state index is 13.4. The highest BCUT2D eigenvalue weighted by molar-refractivity contribution is 9.10. The highest BCUT2D eigenvalue weighted by Gasteiger charge is 2.23. The van der Waals surface area contributed by atoms with Crippen LogP contribution in [-0.2, 0) is 5.41 Å². The molecule has 0 aliphatic carbocycles. The third-order valence-corrected chi connectivity index (χ3v) is 6.09. The minimum Gasteiger partial charge on any atom is -0.318 e. The summed E-state index contributed by atoms with van der Waals surface area (Å²) in [7, 11) is 0. The third-order valence-electron chi connectivity index (χ3n) is 5.35. The molecule has 2 heterocycles. The molecule has 0 aliphatic rings. The topological polar surface area (TPSA) is 52.2 Å². The summed E-state index contributed by atoms with van der Waals surface area (Å²) in [5.41, 5.74) is 4.15. The molecule has 5 nitrogen and oxygen atoms in total. The van der Waals surface area contributed by atoms with Gasteiger partial charge in [0.15, 0.2) is 0 Å². The molecule has 0 amide bonds. The van der Waals surface area contributed by atoms with Gasteiger partial charge in [0.25, 0.3) is 5.56 Å². The average Bonchev–Trinajstić information content (AvgIpc) is 3.01. The number of rotatable bonds is 3. The Hall–Kier alpha value is -2.70. The van der Waals surface area contributed by atoms with E-state index in [2.05, 4.69) is 31.7 Å². The highest BCUT2D eigenvalue weighted by atomic mass is 79.9. The van der Waals surface area contributed by atoms with Gasteiger partial charge in [-0.15, -0.1) is 0 Å². The number of benzene rings is 2. The van der Waals surface area contributed by atoms with Crippen LogP contribution in [0.15, 0.2) is 62.9 Å². The Morgan fingerprint density at radius 1 is 1.06 bits per heavy atom. The lowest BCUT2D eigenvalue weighted by atomic mass is 9.95. The molecule has 0 fully saturated rings. The van der Waals surface area contributed by atoms with Gasteiger partial charge in [0.05, 0.1) is 17.1 Å². The first kappa shape index (κ1) is 22.5. The zero-order chi connectivity index (χ0) is 23.2. The van der Waals surface area contributed by atoms with Crippen LogP contribution in [0.5, 0.6) is 0 Å². The minimum absolute atomic E-state index is 0.191. The van der Waals surface area contributed by atoms with Crippen LogP contribution in [0.3, 0.4) is 0 Å². The molecular formula is C25H24BrClN4O. The Labute approximate surface area is 200 Å².